The summed E-state index contributed by atoms with van der Waals surface area (Å²) in [6, 6.07) is -0.640. The van der Waals surface area contributed by atoms with Crippen LogP contribution in [0.4, 0.5) is 0 Å². The van der Waals surface area contributed by atoms with Gasteiger partial charge in [0.15, 0.2) is 11.6 Å². The number of aliphatic hydroxyl groups is 3. The van der Waals surface area contributed by atoms with Crippen LogP contribution in [0.5, 0.6) is 0 Å². The molecule has 4 aliphatic rings. The molecule has 1 aromatic carbocycles. The first-order valence-corrected chi connectivity index (χ1v) is 23.0. The molecule has 4 fully saturated rings. The molecule has 0 aromatic heterocycles. The standard InChI is InChI=1S/C45H70N8O13/c1-25(2)22-30-18-19-45(63,66-28(30)6)44(7,62)43(61)49-35-36(26(3)4)65-42(60)31(24-54)48-37(55)32-16-12-20-46-51(32)39(57)34(23-29-14-10-9-11-15-29)50(8)38(56)27(5)53(64)40(58)33-17-13-21-47-52(33)41(35)59/h9-11,14-15,25-28,30-36,46-47,54,62-64H,12-13,16-24H2,1-8H3,(H,48,55)(H,49,61). The van der Waals surface area contributed by atoms with Crippen LogP contribution < -0.4 is 21.5 Å². The SMILES string of the molecule is CC(C)CC1CCC(O)(C(C)(O)C(=O)NC2C(=O)N3NCCCC3C(=O)N(O)C(C)C(=O)N(C)C(Cc3ccccc3)C(=O)N3NCCCC3C(=O)NC(CO)C(=O)OC2C(C)C)OC1C. The first-order valence-electron chi connectivity index (χ1n) is 23.0. The highest BCUT2D eigenvalue weighted by molar-refractivity contribution is 5.97. The van der Waals surface area contributed by atoms with Crippen LogP contribution in [0, 0.1) is 17.8 Å². The lowest BCUT2D eigenvalue weighted by molar-refractivity contribution is -0.326. The van der Waals surface area contributed by atoms with Crippen LogP contribution in [0.3, 0.4) is 0 Å². The van der Waals surface area contributed by atoms with Crippen LogP contribution in [-0.2, 0) is 49.5 Å². The number of hydroxylamine groups is 2. The second kappa shape index (κ2) is 21.9. The Morgan fingerprint density at radius 2 is 1.52 bits per heavy atom. The monoisotopic (exact) mass is 931 g/mol. The summed E-state index contributed by atoms with van der Waals surface area (Å²) >= 11 is 0. The Labute approximate surface area is 385 Å². The van der Waals surface area contributed by atoms with Crippen molar-refractivity contribution < 1.29 is 63.6 Å². The molecule has 11 unspecified atom stereocenters. The number of amides is 6. The topological polar surface area (TPSA) is 280 Å². The largest absolute Gasteiger partial charge is 0.458 e. The number of rotatable bonds is 9. The number of nitrogens with zero attached hydrogens (tertiary/aromatic N) is 4. The summed E-state index contributed by atoms with van der Waals surface area (Å²) in [4.78, 5) is 102. The van der Waals surface area contributed by atoms with Crippen LogP contribution in [-0.4, -0.2) is 169 Å². The predicted molar refractivity (Wildman–Crippen MR) is 235 cm³/mol. The number of carbonyl (C=O) groups excluding carboxylic acids is 7. The van der Waals surface area contributed by atoms with Crippen LogP contribution in [0.15, 0.2) is 30.3 Å². The minimum Gasteiger partial charge on any atom is -0.458 e. The highest BCUT2D eigenvalue weighted by Crippen LogP contribution is 2.40. The number of cyclic esters (lactones) is 1. The molecule has 4 saturated heterocycles. The molecule has 0 bridgehead atoms. The van der Waals surface area contributed by atoms with Crippen molar-refractivity contribution in [3.05, 3.63) is 35.9 Å². The van der Waals surface area contributed by atoms with Crippen molar-refractivity contribution in [2.75, 3.05) is 26.7 Å². The van der Waals surface area contributed by atoms with Gasteiger partial charge in [0.25, 0.3) is 23.6 Å². The number of likely N-dealkylation sites (N-methyl/N-ethyl adjacent to an activating group) is 1. The van der Waals surface area contributed by atoms with Crippen molar-refractivity contribution in [3.8, 4) is 0 Å². The van der Waals surface area contributed by atoms with Gasteiger partial charge in [0.2, 0.25) is 17.6 Å². The van der Waals surface area contributed by atoms with Crippen LogP contribution in [0.1, 0.15) is 99.0 Å². The average molecular weight is 931 g/mol. The zero-order valence-corrected chi connectivity index (χ0v) is 39.3. The van der Waals surface area contributed by atoms with E-state index in [0.29, 0.717) is 30.7 Å². The Hall–Kier alpha value is -4.77. The molecule has 4 heterocycles. The molecule has 1 aromatic rings. The van der Waals surface area contributed by atoms with Gasteiger partial charge in [-0.2, -0.15) is 0 Å². The van der Waals surface area contributed by atoms with Crippen molar-refractivity contribution in [2.24, 2.45) is 17.8 Å². The number of esters is 1. The quantitative estimate of drug-likeness (QED) is 0.115. The van der Waals surface area contributed by atoms with Gasteiger partial charge in [-0.25, -0.2) is 20.7 Å². The van der Waals surface area contributed by atoms with Gasteiger partial charge in [0.1, 0.15) is 36.3 Å². The molecular formula is C45H70N8O13. The van der Waals surface area contributed by atoms with Gasteiger partial charge in [-0.05, 0) is 82.6 Å². The average Bonchev–Trinajstić information content (AvgIpc) is 3.29. The third-order valence-electron chi connectivity index (χ3n) is 13.3. The van der Waals surface area contributed by atoms with E-state index in [1.807, 2.05) is 13.8 Å². The normalized spacial score (nSPS) is 32.4. The third kappa shape index (κ3) is 11.3. The summed E-state index contributed by atoms with van der Waals surface area (Å²) < 4.78 is 11.9. The molecule has 11 atom stereocenters. The van der Waals surface area contributed by atoms with E-state index in [-0.39, 0.29) is 49.8 Å². The van der Waals surface area contributed by atoms with Crippen molar-refractivity contribution in [3.63, 3.8) is 0 Å². The minimum atomic E-state index is -2.72. The first kappa shape index (κ1) is 52.2. The zero-order chi connectivity index (χ0) is 48.8. The highest BCUT2D eigenvalue weighted by atomic mass is 16.6. The molecule has 21 nitrogen and oxygen atoms in total. The van der Waals surface area contributed by atoms with Crippen molar-refractivity contribution >= 4 is 41.4 Å². The number of ether oxygens (including phenoxy) is 2. The van der Waals surface area contributed by atoms with E-state index in [4.69, 9.17) is 9.47 Å². The molecular weight excluding hydrogens is 861 g/mol. The lowest BCUT2D eigenvalue weighted by Crippen LogP contribution is -2.70. The number of nitrogens with one attached hydrogen (secondary N) is 4. The van der Waals surface area contributed by atoms with Gasteiger partial charge >= 0.3 is 5.97 Å². The van der Waals surface area contributed by atoms with E-state index in [2.05, 4.69) is 21.5 Å². The minimum absolute atomic E-state index is 0.0133. The second-order valence-corrected chi connectivity index (χ2v) is 19.0. The van der Waals surface area contributed by atoms with E-state index >= 15 is 4.79 Å². The molecule has 0 radical (unpaired) electrons. The number of fused-ring (bicyclic) bond motifs is 2. The Morgan fingerprint density at radius 1 is 0.909 bits per heavy atom. The molecule has 8 N–H and O–H groups in total. The Balaban J connectivity index is 1.58. The van der Waals surface area contributed by atoms with Gasteiger partial charge in [-0.15, -0.1) is 0 Å². The molecule has 66 heavy (non-hydrogen) atoms. The molecule has 4 aliphatic heterocycles. The van der Waals surface area contributed by atoms with E-state index < -0.39 is 114 Å². The Bertz CT molecular complexity index is 1920. The summed E-state index contributed by atoms with van der Waals surface area (Å²) in [6.07, 6.45) is -0.464. The van der Waals surface area contributed by atoms with E-state index in [1.54, 1.807) is 51.1 Å². The molecule has 368 valence electrons. The number of aliphatic hydroxyl groups excluding tert-OH is 1. The van der Waals surface area contributed by atoms with Gasteiger partial charge in [0, 0.05) is 33.0 Å². The van der Waals surface area contributed by atoms with E-state index in [1.165, 1.54) is 14.0 Å². The number of hydrazine groups is 2. The fourth-order valence-electron chi connectivity index (χ4n) is 9.20. The highest BCUT2D eigenvalue weighted by Gasteiger charge is 2.57. The molecule has 0 aliphatic carbocycles. The van der Waals surface area contributed by atoms with E-state index in [0.717, 1.165) is 28.3 Å². The summed E-state index contributed by atoms with van der Waals surface area (Å²) in [5, 5.41) is 52.8. The molecule has 6 amide bonds. The van der Waals surface area contributed by atoms with Crippen molar-refractivity contribution in [1.29, 1.82) is 0 Å². The lowest BCUT2D eigenvalue weighted by Gasteiger charge is -2.47. The van der Waals surface area contributed by atoms with Gasteiger partial charge < -0.3 is 40.3 Å². The molecule has 21 heteroatoms. The van der Waals surface area contributed by atoms with Gasteiger partial charge in [0.05, 0.1) is 12.7 Å². The summed E-state index contributed by atoms with van der Waals surface area (Å²) in [6.45, 7) is 10.6. The summed E-state index contributed by atoms with van der Waals surface area (Å²) in [7, 11) is 1.33. The number of hydrogen-bond donors (Lipinski definition) is 8. The predicted octanol–water partition coefficient (Wildman–Crippen LogP) is -0.502. The third-order valence-corrected chi connectivity index (χ3v) is 13.3. The summed E-state index contributed by atoms with van der Waals surface area (Å²) in [5.41, 5.74) is 3.71. The van der Waals surface area contributed by atoms with Crippen LogP contribution in [0.2, 0.25) is 0 Å². The fraction of sp³-hybridized carbons (Fsp3) is 0.711. The summed E-state index contributed by atoms with van der Waals surface area (Å²) in [5.74, 6) is -10.1. The maximum Gasteiger partial charge on any atom is 0.331 e. The smallest absolute Gasteiger partial charge is 0.331 e. The van der Waals surface area contributed by atoms with Crippen LogP contribution >= 0.6 is 0 Å². The van der Waals surface area contributed by atoms with Gasteiger partial charge in [-0.3, -0.25) is 44.0 Å². The Morgan fingerprint density at radius 3 is 2.09 bits per heavy atom. The first-order chi connectivity index (χ1) is 31.0. The number of benzene rings is 1. The number of carbonyl (C=O) groups is 7. The molecule has 0 saturated carbocycles. The molecule has 5 rings (SSSR count). The van der Waals surface area contributed by atoms with Crippen molar-refractivity contribution in [1.82, 2.24) is 41.5 Å². The maximum atomic E-state index is 15.0. The second-order valence-electron chi connectivity index (χ2n) is 19.0. The van der Waals surface area contributed by atoms with Crippen LogP contribution in [0.25, 0.3) is 0 Å². The fourth-order valence-corrected chi connectivity index (χ4v) is 9.20. The van der Waals surface area contributed by atoms with E-state index in [9.17, 15) is 49.3 Å². The number of hydrogen-bond acceptors (Lipinski definition) is 15. The Kier molecular flexibility index (Phi) is 17.3. The van der Waals surface area contributed by atoms with Crippen molar-refractivity contribution in [2.45, 2.75) is 160 Å². The lowest BCUT2D eigenvalue weighted by atomic mass is 9.79. The zero-order valence-electron chi connectivity index (χ0n) is 39.3. The maximum absolute atomic E-state index is 15.0. The van der Waals surface area contributed by atoms with Gasteiger partial charge in [-0.1, -0.05) is 58.0 Å². The molecule has 0 spiro atoms.